The van der Waals surface area contributed by atoms with Gasteiger partial charge >= 0.3 is 5.97 Å². The molecule has 1 atom stereocenters. The number of carboxylic acid groups (broad SMARTS) is 1. The first kappa shape index (κ1) is 13.0. The van der Waals surface area contributed by atoms with Crippen molar-refractivity contribution in [2.75, 3.05) is 11.4 Å². The van der Waals surface area contributed by atoms with Crippen molar-refractivity contribution in [1.29, 1.82) is 0 Å². The molecule has 2 amide bonds. The first-order valence-electron chi connectivity index (χ1n) is 5.67. The summed E-state index contributed by atoms with van der Waals surface area (Å²) in [5.74, 6) is 2.69. The zero-order valence-electron chi connectivity index (χ0n) is 10.00. The Morgan fingerprint density at radius 1 is 1.32 bits per heavy atom. The standard InChI is InChI=1S/C12H13N3O4/c13-14-11(17)7-1-3-9(4-2-7)15-6-8(12(18)19)5-10(15)16/h1-4,8H,5-6,13H2,(H,14,17)(H,18,19). The highest BCUT2D eigenvalue weighted by Crippen LogP contribution is 2.25. The second kappa shape index (κ2) is 5.07. The van der Waals surface area contributed by atoms with Gasteiger partial charge in [-0.05, 0) is 24.3 Å². The van der Waals surface area contributed by atoms with Crippen LogP contribution in [0.25, 0.3) is 0 Å². The van der Waals surface area contributed by atoms with Crippen LogP contribution < -0.4 is 16.2 Å². The molecule has 0 aliphatic carbocycles. The fraction of sp³-hybridized carbons (Fsp3) is 0.250. The van der Waals surface area contributed by atoms with Crippen LogP contribution in [0.1, 0.15) is 16.8 Å². The maximum Gasteiger partial charge on any atom is 0.308 e. The monoisotopic (exact) mass is 263 g/mol. The van der Waals surface area contributed by atoms with Crippen LogP contribution in [0.2, 0.25) is 0 Å². The number of carboxylic acids is 1. The van der Waals surface area contributed by atoms with E-state index in [9.17, 15) is 14.4 Å². The number of carbonyl (C=O) groups is 3. The Bertz CT molecular complexity index is 526. The molecule has 1 heterocycles. The van der Waals surface area contributed by atoms with Gasteiger partial charge in [0, 0.05) is 24.2 Å². The molecule has 0 aromatic heterocycles. The van der Waals surface area contributed by atoms with Crippen molar-refractivity contribution in [3.8, 4) is 0 Å². The summed E-state index contributed by atoms with van der Waals surface area (Å²) in [6.45, 7) is 0.149. The molecule has 1 saturated heterocycles. The van der Waals surface area contributed by atoms with Crippen LogP contribution in [0.15, 0.2) is 24.3 Å². The van der Waals surface area contributed by atoms with Gasteiger partial charge in [-0.1, -0.05) is 0 Å². The number of nitrogens with two attached hydrogens (primary N) is 1. The van der Waals surface area contributed by atoms with Gasteiger partial charge in [-0.3, -0.25) is 19.8 Å². The predicted octanol–water partition coefficient (Wildman–Crippen LogP) is -0.272. The Kier molecular flexibility index (Phi) is 3.48. The average Bonchev–Trinajstić information content (AvgIpc) is 2.80. The minimum absolute atomic E-state index is 0.000368. The number of nitrogens with zero attached hydrogens (tertiary/aromatic N) is 1. The summed E-state index contributed by atoms with van der Waals surface area (Å²) >= 11 is 0. The number of anilines is 1. The van der Waals surface area contributed by atoms with E-state index in [2.05, 4.69) is 0 Å². The zero-order chi connectivity index (χ0) is 14.0. The third-order valence-electron chi connectivity index (χ3n) is 3.05. The number of hydrogen-bond acceptors (Lipinski definition) is 4. The quantitative estimate of drug-likeness (QED) is 0.394. The predicted molar refractivity (Wildman–Crippen MR) is 66.2 cm³/mol. The van der Waals surface area contributed by atoms with E-state index in [1.54, 1.807) is 12.1 Å². The van der Waals surface area contributed by atoms with E-state index in [-0.39, 0.29) is 18.9 Å². The minimum atomic E-state index is -0.977. The molecule has 7 nitrogen and oxygen atoms in total. The Balaban J connectivity index is 2.17. The van der Waals surface area contributed by atoms with Crippen LogP contribution in [-0.2, 0) is 9.59 Å². The van der Waals surface area contributed by atoms with Crippen LogP contribution in [0.4, 0.5) is 5.69 Å². The molecule has 1 aromatic carbocycles. The molecule has 2 rings (SSSR count). The first-order chi connectivity index (χ1) is 9.02. The number of benzene rings is 1. The molecule has 100 valence electrons. The van der Waals surface area contributed by atoms with Gasteiger partial charge in [-0.2, -0.15) is 0 Å². The fourth-order valence-corrected chi connectivity index (χ4v) is 2.00. The van der Waals surface area contributed by atoms with Gasteiger partial charge in [-0.15, -0.1) is 0 Å². The lowest BCUT2D eigenvalue weighted by atomic mass is 10.1. The molecule has 19 heavy (non-hydrogen) atoms. The lowest BCUT2D eigenvalue weighted by Gasteiger charge is -2.16. The van der Waals surface area contributed by atoms with E-state index in [4.69, 9.17) is 10.9 Å². The zero-order valence-corrected chi connectivity index (χ0v) is 10.00. The molecule has 0 bridgehead atoms. The number of amides is 2. The Hall–Kier alpha value is -2.41. The third kappa shape index (κ3) is 2.55. The number of hydrogen-bond donors (Lipinski definition) is 3. The second-order valence-electron chi connectivity index (χ2n) is 4.26. The second-order valence-corrected chi connectivity index (χ2v) is 4.26. The van der Waals surface area contributed by atoms with E-state index < -0.39 is 17.8 Å². The van der Waals surface area contributed by atoms with Gasteiger partial charge in [0.05, 0.1) is 5.92 Å². The number of aliphatic carboxylic acids is 1. The van der Waals surface area contributed by atoms with Gasteiger partial charge in [0.2, 0.25) is 5.91 Å². The number of hydrazine groups is 1. The summed E-state index contributed by atoms with van der Waals surface area (Å²) in [5.41, 5.74) is 2.94. The SMILES string of the molecule is NNC(=O)c1ccc(N2CC(C(=O)O)CC2=O)cc1. The number of nitrogens with one attached hydrogen (secondary N) is 1. The van der Waals surface area contributed by atoms with E-state index >= 15 is 0 Å². The summed E-state index contributed by atoms with van der Waals surface area (Å²) in [4.78, 5) is 35.3. The van der Waals surface area contributed by atoms with Crippen molar-refractivity contribution < 1.29 is 19.5 Å². The van der Waals surface area contributed by atoms with Crippen LogP contribution in [0, 0.1) is 5.92 Å². The van der Waals surface area contributed by atoms with Crippen molar-refractivity contribution >= 4 is 23.5 Å². The van der Waals surface area contributed by atoms with Crippen molar-refractivity contribution in [2.24, 2.45) is 11.8 Å². The van der Waals surface area contributed by atoms with Crippen LogP contribution in [-0.4, -0.2) is 29.4 Å². The normalized spacial score (nSPS) is 18.5. The van der Waals surface area contributed by atoms with E-state index in [0.29, 0.717) is 11.3 Å². The van der Waals surface area contributed by atoms with Crippen molar-refractivity contribution in [3.63, 3.8) is 0 Å². The van der Waals surface area contributed by atoms with Crippen molar-refractivity contribution in [3.05, 3.63) is 29.8 Å². The third-order valence-corrected chi connectivity index (χ3v) is 3.05. The summed E-state index contributed by atoms with van der Waals surface area (Å²) in [7, 11) is 0. The molecule has 1 aromatic rings. The number of rotatable bonds is 3. The molecule has 0 spiro atoms. The minimum Gasteiger partial charge on any atom is -0.481 e. The molecule has 7 heteroatoms. The number of carbonyl (C=O) groups excluding carboxylic acids is 2. The average molecular weight is 263 g/mol. The molecule has 4 N–H and O–H groups in total. The Labute approximate surface area is 109 Å². The summed E-state index contributed by atoms with van der Waals surface area (Å²) in [6, 6.07) is 6.23. The van der Waals surface area contributed by atoms with Crippen LogP contribution >= 0.6 is 0 Å². The lowest BCUT2D eigenvalue weighted by Crippen LogP contribution is -2.30. The summed E-state index contributed by atoms with van der Waals surface area (Å²) in [5, 5.41) is 8.90. The van der Waals surface area contributed by atoms with E-state index in [0.717, 1.165) is 0 Å². The smallest absolute Gasteiger partial charge is 0.308 e. The van der Waals surface area contributed by atoms with E-state index in [1.807, 2.05) is 5.43 Å². The van der Waals surface area contributed by atoms with Gasteiger partial charge in [-0.25, -0.2) is 5.84 Å². The lowest BCUT2D eigenvalue weighted by molar-refractivity contribution is -0.141. The van der Waals surface area contributed by atoms with Gasteiger partial charge in [0.15, 0.2) is 0 Å². The molecule has 1 aliphatic rings. The van der Waals surface area contributed by atoms with Crippen molar-refractivity contribution in [2.45, 2.75) is 6.42 Å². The number of nitrogen functional groups attached to an aromatic ring is 1. The Morgan fingerprint density at radius 3 is 2.42 bits per heavy atom. The topological polar surface area (TPSA) is 113 Å². The highest BCUT2D eigenvalue weighted by atomic mass is 16.4. The molecule has 1 aliphatic heterocycles. The van der Waals surface area contributed by atoms with Gasteiger partial charge in [0.1, 0.15) is 0 Å². The highest BCUT2D eigenvalue weighted by Gasteiger charge is 2.34. The van der Waals surface area contributed by atoms with Gasteiger partial charge in [0.25, 0.3) is 5.91 Å². The van der Waals surface area contributed by atoms with Crippen LogP contribution in [0.3, 0.4) is 0 Å². The molecule has 1 unspecified atom stereocenters. The fourth-order valence-electron chi connectivity index (χ4n) is 2.00. The van der Waals surface area contributed by atoms with Crippen LogP contribution in [0.5, 0.6) is 0 Å². The summed E-state index contributed by atoms with van der Waals surface area (Å²) < 4.78 is 0. The van der Waals surface area contributed by atoms with Crippen molar-refractivity contribution in [1.82, 2.24) is 5.43 Å². The molecular formula is C12H13N3O4. The van der Waals surface area contributed by atoms with Gasteiger partial charge < -0.3 is 10.0 Å². The molecule has 0 radical (unpaired) electrons. The molecular weight excluding hydrogens is 250 g/mol. The first-order valence-corrected chi connectivity index (χ1v) is 5.67. The highest BCUT2D eigenvalue weighted by molar-refractivity contribution is 6.00. The Morgan fingerprint density at radius 2 is 1.95 bits per heavy atom. The molecule has 0 saturated carbocycles. The largest absolute Gasteiger partial charge is 0.481 e. The molecule has 1 fully saturated rings. The van der Waals surface area contributed by atoms with E-state index in [1.165, 1.54) is 17.0 Å². The maximum atomic E-state index is 11.7. The summed E-state index contributed by atoms with van der Waals surface area (Å²) in [6.07, 6.45) is 0.000368. The maximum absolute atomic E-state index is 11.7.